The maximum atomic E-state index is 13.1. The smallest absolute Gasteiger partial charge is 0.354 e. The summed E-state index contributed by atoms with van der Waals surface area (Å²) in [5.74, 6) is -4.99. The van der Waals surface area contributed by atoms with E-state index >= 15 is 0 Å². The summed E-state index contributed by atoms with van der Waals surface area (Å²) in [6.45, 7) is 1.28. The van der Waals surface area contributed by atoms with E-state index in [0.29, 0.717) is 16.9 Å². The molecule has 0 bridgehead atoms. The first-order valence-electron chi connectivity index (χ1n) is 17.1. The van der Waals surface area contributed by atoms with Gasteiger partial charge in [0.05, 0.1) is 32.0 Å². The molecule has 296 valence electrons. The third kappa shape index (κ3) is 10.3. The molecule has 0 saturated carbocycles. The molecule has 5 amide bonds. The average molecular weight is 789 g/mol. The van der Waals surface area contributed by atoms with E-state index in [2.05, 4.69) is 31.6 Å². The molecule has 0 atom stereocenters. The zero-order valence-corrected chi connectivity index (χ0v) is 31.1. The standard InChI is InChI=1S/C41H36N6O11/c1-22(20-23-4-14-28(48)15-5-23)36(51)44-27-12-6-24(7-13-27)37(52)42-21-33(49)43-26-10-8-25(9-11-26)38(53)45-30-17-16-29(34(50)35(30)57-2)39(54)46-31-18-19-32(41(55)56)47-40(31)58-3/h4-20,48,50H,21H2,1-3H3,(H,42,52)(H,43,49)(H,44,51)(H,45,53)(H,46,54)(H,55,56)/b22-20+. The summed E-state index contributed by atoms with van der Waals surface area (Å²) in [4.78, 5) is 79.0. The predicted octanol–water partition coefficient (Wildman–Crippen LogP) is 5.12. The number of rotatable bonds is 14. The normalized spacial score (nSPS) is 10.8. The number of benzene rings is 4. The monoisotopic (exact) mass is 788 g/mol. The summed E-state index contributed by atoms with van der Waals surface area (Å²) in [5.41, 5.74) is 1.91. The van der Waals surface area contributed by atoms with Crippen LogP contribution >= 0.6 is 0 Å². The number of aromatic carboxylic acids is 1. The van der Waals surface area contributed by atoms with E-state index in [1.165, 1.54) is 80.9 Å². The number of nitrogens with one attached hydrogen (secondary N) is 5. The van der Waals surface area contributed by atoms with Gasteiger partial charge in [-0.1, -0.05) is 12.1 Å². The molecule has 17 heteroatoms. The Bertz CT molecular complexity index is 2410. The fourth-order valence-corrected chi connectivity index (χ4v) is 5.25. The number of hydrogen-bond acceptors (Lipinski definition) is 11. The topological polar surface area (TPSA) is 255 Å². The van der Waals surface area contributed by atoms with Gasteiger partial charge >= 0.3 is 5.97 Å². The van der Waals surface area contributed by atoms with E-state index in [4.69, 9.17) is 14.6 Å². The van der Waals surface area contributed by atoms with E-state index in [1.54, 1.807) is 37.3 Å². The Morgan fingerprint density at radius 3 is 1.84 bits per heavy atom. The molecule has 17 nitrogen and oxygen atoms in total. The lowest BCUT2D eigenvalue weighted by atomic mass is 10.1. The van der Waals surface area contributed by atoms with Crippen LogP contribution in [0.15, 0.2) is 103 Å². The van der Waals surface area contributed by atoms with E-state index in [-0.39, 0.29) is 63.6 Å². The fourth-order valence-electron chi connectivity index (χ4n) is 5.25. The highest BCUT2D eigenvalue weighted by atomic mass is 16.5. The van der Waals surface area contributed by atoms with Crippen molar-refractivity contribution in [3.8, 4) is 23.1 Å². The van der Waals surface area contributed by atoms with Crippen molar-refractivity contribution in [2.75, 3.05) is 42.0 Å². The van der Waals surface area contributed by atoms with Crippen molar-refractivity contribution in [1.29, 1.82) is 0 Å². The van der Waals surface area contributed by atoms with Gasteiger partial charge in [-0.05, 0) is 103 Å². The largest absolute Gasteiger partial charge is 0.508 e. The second-order valence-corrected chi connectivity index (χ2v) is 12.3. The Morgan fingerprint density at radius 1 is 0.655 bits per heavy atom. The van der Waals surface area contributed by atoms with Crippen molar-refractivity contribution in [2.24, 2.45) is 0 Å². The highest BCUT2D eigenvalue weighted by molar-refractivity contribution is 6.10. The maximum Gasteiger partial charge on any atom is 0.354 e. The summed E-state index contributed by atoms with van der Waals surface area (Å²) in [5, 5.41) is 42.4. The predicted molar refractivity (Wildman–Crippen MR) is 213 cm³/mol. The minimum Gasteiger partial charge on any atom is -0.508 e. The summed E-state index contributed by atoms with van der Waals surface area (Å²) in [6, 6.07) is 23.3. The van der Waals surface area contributed by atoms with Gasteiger partial charge in [-0.25, -0.2) is 9.78 Å². The molecule has 5 rings (SSSR count). The second kappa shape index (κ2) is 18.4. The number of carboxylic acids is 1. The van der Waals surface area contributed by atoms with E-state index < -0.39 is 35.3 Å². The third-order valence-corrected chi connectivity index (χ3v) is 8.23. The number of phenols is 2. The van der Waals surface area contributed by atoms with Gasteiger partial charge in [0.1, 0.15) is 11.4 Å². The maximum absolute atomic E-state index is 13.1. The molecule has 0 radical (unpaired) electrons. The Morgan fingerprint density at radius 2 is 1.24 bits per heavy atom. The highest BCUT2D eigenvalue weighted by Crippen LogP contribution is 2.38. The number of aromatic hydroxyl groups is 2. The molecule has 0 aliphatic carbocycles. The van der Waals surface area contributed by atoms with Crippen LogP contribution in [0.5, 0.6) is 23.1 Å². The van der Waals surface area contributed by atoms with Crippen molar-refractivity contribution in [3.63, 3.8) is 0 Å². The van der Waals surface area contributed by atoms with Crippen LogP contribution in [0, 0.1) is 0 Å². The first kappa shape index (κ1) is 41.0. The Labute approximate surface area is 330 Å². The van der Waals surface area contributed by atoms with Crippen LogP contribution in [0.25, 0.3) is 6.08 Å². The molecular formula is C41H36N6O11. The SMILES string of the molecule is COc1nc(C(=O)O)ccc1NC(=O)c1ccc(NC(=O)c2ccc(NC(=O)CNC(=O)c3ccc(NC(=O)/C(C)=C/c4ccc(O)cc4)cc3)cc2)c(OC)c1O. The lowest BCUT2D eigenvalue weighted by Crippen LogP contribution is -2.32. The van der Waals surface area contributed by atoms with Crippen LogP contribution in [-0.4, -0.2) is 76.6 Å². The number of phenolic OH excluding ortho intramolecular Hbond substituents is 2. The average Bonchev–Trinajstić information content (AvgIpc) is 3.21. The van der Waals surface area contributed by atoms with Gasteiger partial charge in [-0.2, -0.15) is 0 Å². The van der Waals surface area contributed by atoms with Crippen molar-refractivity contribution >= 4 is 64.3 Å². The molecule has 0 unspecified atom stereocenters. The molecule has 4 aromatic carbocycles. The number of pyridine rings is 1. The zero-order chi connectivity index (χ0) is 41.9. The number of hydrogen-bond donors (Lipinski definition) is 8. The summed E-state index contributed by atoms with van der Waals surface area (Å²) < 4.78 is 10.3. The van der Waals surface area contributed by atoms with Gasteiger partial charge in [0.25, 0.3) is 23.6 Å². The number of amides is 5. The molecule has 0 saturated heterocycles. The second-order valence-electron chi connectivity index (χ2n) is 12.3. The minimum absolute atomic E-state index is 0.0355. The molecule has 0 spiro atoms. The van der Waals surface area contributed by atoms with Crippen molar-refractivity contribution in [3.05, 3.63) is 131 Å². The van der Waals surface area contributed by atoms with Gasteiger partial charge in [-0.15, -0.1) is 0 Å². The molecule has 58 heavy (non-hydrogen) atoms. The number of anilines is 4. The Balaban J connectivity index is 1.11. The van der Waals surface area contributed by atoms with Crippen LogP contribution in [-0.2, 0) is 9.59 Å². The van der Waals surface area contributed by atoms with Crippen LogP contribution < -0.4 is 36.1 Å². The quantitative estimate of drug-likeness (QED) is 0.0683. The molecule has 1 heterocycles. The number of nitrogens with zero attached hydrogens (tertiary/aromatic N) is 1. The fraction of sp³-hybridized carbons (Fsp3) is 0.0976. The van der Waals surface area contributed by atoms with Gasteiger partial charge in [-0.3, -0.25) is 24.0 Å². The summed E-state index contributed by atoms with van der Waals surface area (Å²) >= 11 is 0. The number of carbonyl (C=O) groups excluding carboxylic acids is 5. The number of aromatic nitrogens is 1. The van der Waals surface area contributed by atoms with Crippen LogP contribution in [0.4, 0.5) is 22.7 Å². The zero-order valence-electron chi connectivity index (χ0n) is 31.1. The Kier molecular flexibility index (Phi) is 13.0. The minimum atomic E-state index is -1.29. The van der Waals surface area contributed by atoms with E-state index in [1.807, 2.05) is 0 Å². The van der Waals surface area contributed by atoms with Crippen LogP contribution in [0.2, 0.25) is 0 Å². The summed E-state index contributed by atoms with van der Waals surface area (Å²) in [7, 11) is 2.47. The highest BCUT2D eigenvalue weighted by Gasteiger charge is 2.22. The number of methoxy groups -OCH3 is 2. The molecule has 8 N–H and O–H groups in total. The summed E-state index contributed by atoms with van der Waals surface area (Å²) in [6.07, 6.45) is 1.67. The first-order chi connectivity index (χ1) is 27.8. The van der Waals surface area contributed by atoms with Gasteiger partial charge in [0.2, 0.25) is 11.8 Å². The van der Waals surface area contributed by atoms with Gasteiger partial charge in [0.15, 0.2) is 17.2 Å². The number of carbonyl (C=O) groups is 6. The van der Waals surface area contributed by atoms with Crippen molar-refractivity contribution in [2.45, 2.75) is 6.92 Å². The Hall–Kier alpha value is -8.21. The molecule has 1 aromatic heterocycles. The first-order valence-corrected chi connectivity index (χ1v) is 17.1. The molecular weight excluding hydrogens is 752 g/mol. The molecule has 0 aliphatic heterocycles. The lowest BCUT2D eigenvalue weighted by Gasteiger charge is -2.15. The van der Waals surface area contributed by atoms with Gasteiger partial charge < -0.3 is 51.4 Å². The van der Waals surface area contributed by atoms with Crippen LogP contribution in [0.1, 0.15) is 54.0 Å². The molecule has 0 aliphatic rings. The number of ether oxygens (including phenoxy) is 2. The third-order valence-electron chi connectivity index (χ3n) is 8.23. The van der Waals surface area contributed by atoms with Gasteiger partial charge in [0, 0.05) is 28.1 Å². The van der Waals surface area contributed by atoms with Crippen molar-refractivity contribution < 1.29 is 53.6 Å². The number of carboxylic acid groups (broad SMARTS) is 1. The lowest BCUT2D eigenvalue weighted by molar-refractivity contribution is -0.115. The van der Waals surface area contributed by atoms with E-state index in [0.717, 1.165) is 11.6 Å². The van der Waals surface area contributed by atoms with Crippen LogP contribution in [0.3, 0.4) is 0 Å². The van der Waals surface area contributed by atoms with E-state index in [9.17, 15) is 39.0 Å². The van der Waals surface area contributed by atoms with Crippen molar-refractivity contribution in [1.82, 2.24) is 10.3 Å². The molecule has 5 aromatic rings. The molecule has 0 fully saturated rings.